The van der Waals surface area contributed by atoms with Gasteiger partial charge in [-0.3, -0.25) is 4.68 Å². The minimum Gasteiger partial charge on any atom is -0.388 e. The van der Waals surface area contributed by atoms with Crippen LogP contribution in [0.3, 0.4) is 0 Å². The number of hydrogen-bond donors (Lipinski definition) is 3. The van der Waals surface area contributed by atoms with Gasteiger partial charge in [-0.05, 0) is 30.7 Å². The number of fused-ring (bicyclic) bond motifs is 1. The molecular weight excluding hydrogens is 541 g/mol. The summed E-state index contributed by atoms with van der Waals surface area (Å²) < 4.78 is 20.5. The summed E-state index contributed by atoms with van der Waals surface area (Å²) in [6.45, 7) is 5.19. The molecule has 13 heteroatoms. The Labute approximate surface area is 240 Å². The highest BCUT2D eigenvalue weighted by atomic mass is 19.1. The summed E-state index contributed by atoms with van der Waals surface area (Å²) in [5.41, 5.74) is 2.25. The van der Waals surface area contributed by atoms with Crippen LogP contribution in [-0.4, -0.2) is 90.4 Å². The number of aliphatic hydroxyl groups excluding tert-OH is 1. The normalized spacial score (nSPS) is 20.8. The van der Waals surface area contributed by atoms with Gasteiger partial charge >= 0.3 is 0 Å². The van der Waals surface area contributed by atoms with Crippen molar-refractivity contribution in [2.45, 2.75) is 24.7 Å². The quantitative estimate of drug-likeness (QED) is 0.278. The average molecular weight is 572 g/mol. The maximum Gasteiger partial charge on any atom is 0.225 e. The van der Waals surface area contributed by atoms with Crippen molar-refractivity contribution in [3.8, 4) is 11.3 Å². The van der Waals surface area contributed by atoms with Gasteiger partial charge in [-0.2, -0.15) is 5.10 Å². The first-order valence-corrected chi connectivity index (χ1v) is 13.8. The maximum absolute atomic E-state index is 13.3. The second-order valence-corrected chi connectivity index (χ2v) is 10.8. The minimum atomic E-state index is -1.34. The molecule has 1 aromatic carbocycles. The number of nitrogens with zero attached hydrogens (tertiary/aromatic N) is 8. The van der Waals surface area contributed by atoms with Crippen LogP contribution in [0.15, 0.2) is 61.4 Å². The van der Waals surface area contributed by atoms with E-state index < -0.39 is 11.7 Å². The predicted octanol–water partition coefficient (Wildman–Crippen LogP) is 2.27. The van der Waals surface area contributed by atoms with Crippen LogP contribution in [0.2, 0.25) is 0 Å². The van der Waals surface area contributed by atoms with E-state index in [0.717, 1.165) is 28.1 Å². The first kappa shape index (κ1) is 26.4. The fraction of sp³-hybridized carbons (Fsp3) is 0.345. The largest absolute Gasteiger partial charge is 0.388 e. The molecule has 0 spiro atoms. The summed E-state index contributed by atoms with van der Waals surface area (Å²) in [5.74, 6) is 1.07. The molecule has 0 saturated carbocycles. The minimum absolute atomic E-state index is 0.196. The van der Waals surface area contributed by atoms with Gasteiger partial charge in [0.15, 0.2) is 0 Å². The van der Waals surface area contributed by atoms with Crippen molar-refractivity contribution in [1.29, 1.82) is 0 Å². The highest BCUT2D eigenvalue weighted by Gasteiger charge is 2.30. The smallest absolute Gasteiger partial charge is 0.225 e. The van der Waals surface area contributed by atoms with E-state index in [1.54, 1.807) is 48.7 Å². The number of rotatable bonds is 6. The van der Waals surface area contributed by atoms with Gasteiger partial charge in [0.25, 0.3) is 0 Å². The molecule has 2 aliphatic heterocycles. The zero-order valence-corrected chi connectivity index (χ0v) is 22.9. The molecular formula is C29H30FN9O3. The van der Waals surface area contributed by atoms with Gasteiger partial charge in [0.05, 0.1) is 30.5 Å². The third-order valence-electron chi connectivity index (χ3n) is 8.15. The fourth-order valence-corrected chi connectivity index (χ4v) is 5.57. The molecule has 0 radical (unpaired) electrons. The first-order valence-electron chi connectivity index (χ1n) is 13.8. The predicted molar refractivity (Wildman–Crippen MR) is 153 cm³/mol. The van der Waals surface area contributed by atoms with Crippen LogP contribution >= 0.6 is 0 Å². The Balaban J connectivity index is 1.05. The van der Waals surface area contributed by atoms with Crippen LogP contribution in [-0.2, 0) is 10.3 Å². The number of ether oxygens (including phenoxy) is 1. The second kappa shape index (κ2) is 10.4. The lowest BCUT2D eigenvalue weighted by molar-refractivity contribution is 0.101. The van der Waals surface area contributed by atoms with E-state index in [-0.39, 0.29) is 11.9 Å². The Kier molecular flexibility index (Phi) is 6.56. The van der Waals surface area contributed by atoms with Gasteiger partial charge in [-0.25, -0.2) is 24.3 Å². The molecule has 12 nitrogen and oxygen atoms in total. The number of aromatic amines is 1. The van der Waals surface area contributed by atoms with Crippen LogP contribution in [0.4, 0.5) is 16.2 Å². The molecule has 2 saturated heterocycles. The van der Waals surface area contributed by atoms with E-state index >= 15 is 0 Å². The Bertz CT molecular complexity index is 1700. The zero-order valence-electron chi connectivity index (χ0n) is 22.9. The topological polar surface area (TPSA) is 141 Å². The van der Waals surface area contributed by atoms with Crippen molar-refractivity contribution in [3.05, 3.63) is 78.4 Å². The lowest BCUT2D eigenvalue weighted by atomic mass is 9.90. The number of nitrogens with one attached hydrogen (secondary N) is 1. The molecule has 0 aliphatic carbocycles. The van der Waals surface area contributed by atoms with Crippen molar-refractivity contribution in [2.24, 2.45) is 0 Å². The van der Waals surface area contributed by atoms with Crippen LogP contribution in [0.25, 0.3) is 22.3 Å². The summed E-state index contributed by atoms with van der Waals surface area (Å²) in [5, 5.41) is 26.6. The van der Waals surface area contributed by atoms with Crippen molar-refractivity contribution >= 4 is 22.8 Å². The molecule has 7 rings (SSSR count). The Morgan fingerprint density at radius 2 is 1.69 bits per heavy atom. The van der Waals surface area contributed by atoms with E-state index in [0.29, 0.717) is 56.5 Å². The van der Waals surface area contributed by atoms with Crippen molar-refractivity contribution in [1.82, 2.24) is 34.7 Å². The number of piperazine rings is 1. The summed E-state index contributed by atoms with van der Waals surface area (Å²) in [6.07, 6.45) is 7.91. The number of anilines is 2. The molecule has 1 unspecified atom stereocenters. The van der Waals surface area contributed by atoms with Crippen LogP contribution in [0, 0.1) is 5.82 Å². The molecule has 42 heavy (non-hydrogen) atoms. The fourth-order valence-electron chi connectivity index (χ4n) is 5.57. The Hall–Kier alpha value is -4.46. The number of hydrogen-bond acceptors (Lipinski definition) is 10. The van der Waals surface area contributed by atoms with Crippen LogP contribution in [0.1, 0.15) is 24.1 Å². The first-order chi connectivity index (χ1) is 20.4. The summed E-state index contributed by atoms with van der Waals surface area (Å²) >= 11 is 0. The third kappa shape index (κ3) is 4.74. The molecule has 3 atom stereocenters. The monoisotopic (exact) mass is 571 g/mol. The summed E-state index contributed by atoms with van der Waals surface area (Å²) in [6, 6.07) is 7.61. The van der Waals surface area contributed by atoms with Crippen LogP contribution < -0.4 is 9.80 Å². The summed E-state index contributed by atoms with van der Waals surface area (Å²) in [7, 11) is 0. The molecule has 3 N–H and O–H groups in total. The van der Waals surface area contributed by atoms with Gasteiger partial charge in [-0.15, -0.1) is 0 Å². The van der Waals surface area contributed by atoms with E-state index in [1.807, 2.05) is 12.3 Å². The SMILES string of the molecule is CC(O)(c1ccc(F)cc1)c1cnc(N2CCN(c3ncnc4[nH]c(-c5cnn([C@H]6COC[C@H]6O)c5)cc34)CC2)nc1. The molecule has 6 heterocycles. The molecule has 2 aliphatic rings. The number of halogens is 1. The number of H-pyrrole nitrogens is 1. The van der Waals surface area contributed by atoms with Gasteiger partial charge in [-0.1, -0.05) is 12.1 Å². The lowest BCUT2D eigenvalue weighted by Crippen LogP contribution is -2.47. The number of benzene rings is 1. The molecule has 0 bridgehead atoms. The van der Waals surface area contributed by atoms with Gasteiger partial charge in [0.1, 0.15) is 41.4 Å². The van der Waals surface area contributed by atoms with Crippen molar-refractivity contribution in [3.63, 3.8) is 0 Å². The number of aliphatic hydroxyl groups is 2. The van der Waals surface area contributed by atoms with E-state index in [2.05, 4.69) is 39.8 Å². The second-order valence-electron chi connectivity index (χ2n) is 10.8. The molecule has 216 valence electrons. The Morgan fingerprint density at radius 3 is 2.40 bits per heavy atom. The average Bonchev–Trinajstić information content (AvgIpc) is 3.77. The molecule has 4 aromatic heterocycles. The van der Waals surface area contributed by atoms with Crippen molar-refractivity contribution in [2.75, 3.05) is 49.2 Å². The van der Waals surface area contributed by atoms with Gasteiger partial charge in [0, 0.05) is 55.9 Å². The number of aromatic nitrogens is 7. The van der Waals surface area contributed by atoms with Crippen LogP contribution in [0.5, 0.6) is 0 Å². The third-order valence-corrected chi connectivity index (χ3v) is 8.15. The molecule has 0 amide bonds. The highest BCUT2D eigenvalue weighted by molar-refractivity contribution is 5.91. The standard InChI is InChI=1S/C29H30FN9O3/c1-29(41,19-2-4-21(30)5-3-19)20-12-31-28(32-13-20)38-8-6-37(7-9-38)27-22-10-23(36-26(22)33-17-34-27)18-11-35-39(14-18)24-15-42-16-25(24)40/h2-5,10-14,17,24-25,40-41H,6-9,15-16H2,1H3,(H,33,34,36)/t24-,25+,29?/m0/s1. The molecule has 2 fully saturated rings. The zero-order chi connectivity index (χ0) is 28.8. The van der Waals surface area contributed by atoms with E-state index in [9.17, 15) is 14.6 Å². The molecule has 5 aromatic rings. The van der Waals surface area contributed by atoms with E-state index in [1.165, 1.54) is 12.1 Å². The highest BCUT2D eigenvalue weighted by Crippen LogP contribution is 2.31. The lowest BCUT2D eigenvalue weighted by Gasteiger charge is -2.35. The Morgan fingerprint density at radius 1 is 0.952 bits per heavy atom. The van der Waals surface area contributed by atoms with Gasteiger partial charge in [0.2, 0.25) is 5.95 Å². The summed E-state index contributed by atoms with van der Waals surface area (Å²) in [4.78, 5) is 25.8. The maximum atomic E-state index is 13.3. The van der Waals surface area contributed by atoms with Gasteiger partial charge < -0.3 is 29.7 Å². The van der Waals surface area contributed by atoms with Crippen molar-refractivity contribution < 1.29 is 19.3 Å². The van der Waals surface area contributed by atoms with E-state index in [4.69, 9.17) is 4.74 Å².